The van der Waals surface area contributed by atoms with Crippen molar-refractivity contribution in [2.24, 2.45) is 0 Å². The molecular formula is C19H22F3N7O. The van der Waals surface area contributed by atoms with Crippen molar-refractivity contribution in [2.75, 3.05) is 37.0 Å². The molecule has 1 aliphatic rings. The minimum Gasteiger partial charge on any atom is -0.497 e. The average molecular weight is 421 g/mol. The Balaban J connectivity index is 1.71. The molecule has 1 saturated heterocycles. The zero-order valence-electron chi connectivity index (χ0n) is 16.6. The Bertz CT molecular complexity index is 1020. The summed E-state index contributed by atoms with van der Waals surface area (Å²) in [6, 6.07) is 7.42. The molecule has 3 heterocycles. The fourth-order valence-electron chi connectivity index (χ4n) is 3.37. The summed E-state index contributed by atoms with van der Waals surface area (Å²) in [7, 11) is 1.58. The number of alkyl halides is 3. The minimum absolute atomic E-state index is 0.0490. The number of benzene rings is 1. The van der Waals surface area contributed by atoms with E-state index in [-0.39, 0.29) is 23.6 Å². The number of fused-ring (bicyclic) bond motifs is 1. The molecular weight excluding hydrogens is 399 g/mol. The molecule has 0 amide bonds. The first-order chi connectivity index (χ1) is 14.4. The molecule has 0 bridgehead atoms. The third kappa shape index (κ3) is 3.97. The standard InChI is InChI=1S/C19H22F3N7O/c1-12-9-23-7-8-28(12)18-26-16-15(19(20,21)22)11-25-29(16)17(27-18)24-10-13-3-5-14(30-2)6-4-13/h3-6,11-12,23H,7-10H2,1-2H3,(H,24,26,27)/t12-/m0/s1. The van der Waals surface area contributed by atoms with Gasteiger partial charge in [0.1, 0.15) is 11.3 Å². The predicted octanol–water partition coefficient (Wildman–Crippen LogP) is 2.56. The van der Waals surface area contributed by atoms with Crippen molar-refractivity contribution >= 4 is 17.5 Å². The van der Waals surface area contributed by atoms with E-state index in [2.05, 4.69) is 25.7 Å². The molecule has 1 fully saturated rings. The van der Waals surface area contributed by atoms with Crippen LogP contribution in [0.15, 0.2) is 30.5 Å². The molecule has 30 heavy (non-hydrogen) atoms. The molecule has 0 spiro atoms. The van der Waals surface area contributed by atoms with E-state index in [4.69, 9.17) is 4.74 Å². The van der Waals surface area contributed by atoms with E-state index >= 15 is 0 Å². The summed E-state index contributed by atoms with van der Waals surface area (Å²) in [5, 5.41) is 10.2. The Kier molecular flexibility index (Phi) is 5.37. The highest BCUT2D eigenvalue weighted by Gasteiger charge is 2.36. The first-order valence-corrected chi connectivity index (χ1v) is 9.54. The highest BCUT2D eigenvalue weighted by Crippen LogP contribution is 2.33. The zero-order valence-corrected chi connectivity index (χ0v) is 16.6. The average Bonchev–Trinajstić information content (AvgIpc) is 3.17. The lowest BCUT2D eigenvalue weighted by molar-refractivity contribution is -0.136. The van der Waals surface area contributed by atoms with Gasteiger partial charge in [-0.05, 0) is 24.6 Å². The van der Waals surface area contributed by atoms with E-state index in [0.717, 1.165) is 22.0 Å². The summed E-state index contributed by atoms with van der Waals surface area (Å²) in [5.74, 6) is 1.17. The van der Waals surface area contributed by atoms with Gasteiger partial charge in [0.15, 0.2) is 5.65 Å². The third-order valence-corrected chi connectivity index (χ3v) is 5.03. The van der Waals surface area contributed by atoms with Crippen LogP contribution in [0, 0.1) is 0 Å². The summed E-state index contributed by atoms with van der Waals surface area (Å²) in [4.78, 5) is 10.6. The number of methoxy groups -OCH3 is 1. The van der Waals surface area contributed by atoms with Crippen LogP contribution >= 0.6 is 0 Å². The van der Waals surface area contributed by atoms with Crippen molar-refractivity contribution in [2.45, 2.75) is 25.7 Å². The van der Waals surface area contributed by atoms with E-state index in [0.29, 0.717) is 26.2 Å². The van der Waals surface area contributed by atoms with Gasteiger partial charge in [-0.1, -0.05) is 12.1 Å². The number of halogens is 3. The molecule has 0 saturated carbocycles. The first-order valence-electron chi connectivity index (χ1n) is 9.54. The topological polar surface area (TPSA) is 79.6 Å². The second kappa shape index (κ2) is 7.98. The number of aromatic nitrogens is 4. The van der Waals surface area contributed by atoms with Gasteiger partial charge < -0.3 is 20.3 Å². The monoisotopic (exact) mass is 421 g/mol. The molecule has 1 aliphatic heterocycles. The molecule has 0 radical (unpaired) electrons. The Morgan fingerprint density at radius 3 is 2.67 bits per heavy atom. The predicted molar refractivity (Wildman–Crippen MR) is 106 cm³/mol. The van der Waals surface area contributed by atoms with Crippen molar-refractivity contribution in [3.05, 3.63) is 41.6 Å². The van der Waals surface area contributed by atoms with Crippen LogP contribution < -0.4 is 20.3 Å². The van der Waals surface area contributed by atoms with Gasteiger partial charge in [0.2, 0.25) is 11.9 Å². The summed E-state index contributed by atoms with van der Waals surface area (Å²) in [6.07, 6.45) is -3.77. The van der Waals surface area contributed by atoms with Crippen LogP contribution in [0.25, 0.3) is 5.65 Å². The van der Waals surface area contributed by atoms with Crippen LogP contribution in [0.2, 0.25) is 0 Å². The Morgan fingerprint density at radius 2 is 2.00 bits per heavy atom. The van der Waals surface area contributed by atoms with Gasteiger partial charge in [-0.2, -0.15) is 32.8 Å². The van der Waals surface area contributed by atoms with Crippen molar-refractivity contribution in [1.29, 1.82) is 0 Å². The van der Waals surface area contributed by atoms with E-state index in [1.165, 1.54) is 0 Å². The molecule has 3 aromatic rings. The molecule has 1 atom stereocenters. The fourth-order valence-corrected chi connectivity index (χ4v) is 3.37. The quantitative estimate of drug-likeness (QED) is 0.656. The van der Waals surface area contributed by atoms with Crippen molar-refractivity contribution in [1.82, 2.24) is 24.9 Å². The van der Waals surface area contributed by atoms with Gasteiger partial charge in [0.05, 0.1) is 13.3 Å². The van der Waals surface area contributed by atoms with Crippen LogP contribution in [-0.2, 0) is 12.7 Å². The lowest BCUT2D eigenvalue weighted by Crippen LogP contribution is -2.50. The summed E-state index contributed by atoms with van der Waals surface area (Å²) in [5.41, 5.74) is -0.236. The van der Waals surface area contributed by atoms with E-state index in [1.807, 2.05) is 36.1 Å². The van der Waals surface area contributed by atoms with Crippen LogP contribution in [0.1, 0.15) is 18.1 Å². The number of rotatable bonds is 5. The summed E-state index contributed by atoms with van der Waals surface area (Å²) >= 11 is 0. The highest BCUT2D eigenvalue weighted by molar-refractivity contribution is 5.56. The Morgan fingerprint density at radius 1 is 1.23 bits per heavy atom. The number of anilines is 2. The molecule has 11 heteroatoms. The van der Waals surface area contributed by atoms with E-state index < -0.39 is 11.7 Å². The number of hydrogen-bond acceptors (Lipinski definition) is 7. The Hall–Kier alpha value is -3.08. The molecule has 0 unspecified atom stereocenters. The maximum Gasteiger partial charge on any atom is 0.421 e. The smallest absolute Gasteiger partial charge is 0.421 e. The molecule has 8 nitrogen and oxygen atoms in total. The SMILES string of the molecule is COc1ccc(CNc2nc(N3CCNC[C@@H]3C)nc3c(C(F)(F)F)cnn23)cc1. The number of nitrogens with one attached hydrogen (secondary N) is 2. The number of ether oxygens (including phenoxy) is 1. The minimum atomic E-state index is -4.56. The van der Waals surface area contributed by atoms with Gasteiger partial charge in [0.25, 0.3) is 0 Å². The van der Waals surface area contributed by atoms with Crippen molar-refractivity contribution in [3.63, 3.8) is 0 Å². The largest absolute Gasteiger partial charge is 0.497 e. The van der Waals surface area contributed by atoms with Crippen LogP contribution in [0.3, 0.4) is 0 Å². The molecule has 160 valence electrons. The lowest BCUT2D eigenvalue weighted by Gasteiger charge is -2.34. The molecule has 2 aromatic heterocycles. The van der Waals surface area contributed by atoms with Crippen LogP contribution in [0.5, 0.6) is 5.75 Å². The maximum atomic E-state index is 13.5. The highest BCUT2D eigenvalue weighted by atomic mass is 19.4. The van der Waals surface area contributed by atoms with E-state index in [1.54, 1.807) is 7.11 Å². The van der Waals surface area contributed by atoms with Crippen LogP contribution in [-0.4, -0.2) is 52.4 Å². The molecule has 4 rings (SSSR count). The second-order valence-electron chi connectivity index (χ2n) is 7.09. The normalized spacial score (nSPS) is 17.4. The van der Waals surface area contributed by atoms with Gasteiger partial charge in [-0.25, -0.2) is 0 Å². The van der Waals surface area contributed by atoms with Crippen LogP contribution in [0.4, 0.5) is 25.1 Å². The Labute approximate surface area is 171 Å². The van der Waals surface area contributed by atoms with Gasteiger partial charge in [0, 0.05) is 32.2 Å². The fraction of sp³-hybridized carbons (Fsp3) is 0.421. The molecule has 0 aliphatic carbocycles. The van der Waals surface area contributed by atoms with Gasteiger partial charge in [-0.3, -0.25) is 0 Å². The van der Waals surface area contributed by atoms with Crippen molar-refractivity contribution in [3.8, 4) is 5.75 Å². The summed E-state index contributed by atoms with van der Waals surface area (Å²) < 4.78 is 46.7. The maximum absolute atomic E-state index is 13.5. The number of nitrogens with zero attached hydrogens (tertiary/aromatic N) is 5. The zero-order chi connectivity index (χ0) is 21.3. The second-order valence-corrected chi connectivity index (χ2v) is 7.09. The van der Waals surface area contributed by atoms with E-state index in [9.17, 15) is 13.2 Å². The number of hydrogen-bond donors (Lipinski definition) is 2. The van der Waals surface area contributed by atoms with Gasteiger partial charge >= 0.3 is 6.18 Å². The molecule has 2 N–H and O–H groups in total. The number of piperazine rings is 1. The van der Waals surface area contributed by atoms with Crippen molar-refractivity contribution < 1.29 is 17.9 Å². The summed E-state index contributed by atoms with van der Waals surface area (Å²) in [6.45, 7) is 4.34. The van der Waals surface area contributed by atoms with Gasteiger partial charge in [-0.15, -0.1) is 0 Å². The first kappa shape index (κ1) is 20.2. The molecule has 1 aromatic carbocycles. The third-order valence-electron chi connectivity index (χ3n) is 5.03. The lowest BCUT2D eigenvalue weighted by atomic mass is 10.2.